The van der Waals surface area contributed by atoms with Gasteiger partial charge in [0.15, 0.2) is 0 Å². The molecule has 0 radical (unpaired) electrons. The molecule has 2 heteroatoms. The molecule has 1 rings (SSSR count). The Kier molecular flexibility index (Phi) is 8.13. The SMILES string of the molecule is CCCCN(CCCC)CC1CCC(C)(C)C1NCC. The molecular weight excluding hydrogens is 244 g/mol. The van der Waals surface area contributed by atoms with Crippen LogP contribution in [0.25, 0.3) is 0 Å². The van der Waals surface area contributed by atoms with E-state index in [1.165, 1.54) is 58.2 Å². The molecule has 0 heterocycles. The van der Waals surface area contributed by atoms with Gasteiger partial charge in [0.2, 0.25) is 0 Å². The van der Waals surface area contributed by atoms with Crippen molar-refractivity contribution in [3.8, 4) is 0 Å². The summed E-state index contributed by atoms with van der Waals surface area (Å²) in [5.74, 6) is 0.846. The monoisotopic (exact) mass is 282 g/mol. The molecule has 2 unspecified atom stereocenters. The van der Waals surface area contributed by atoms with Gasteiger partial charge in [-0.05, 0) is 56.7 Å². The molecule has 0 amide bonds. The van der Waals surface area contributed by atoms with Gasteiger partial charge in [0.05, 0.1) is 0 Å². The van der Waals surface area contributed by atoms with Crippen LogP contribution in [0.1, 0.15) is 73.1 Å². The van der Waals surface area contributed by atoms with E-state index in [-0.39, 0.29) is 0 Å². The van der Waals surface area contributed by atoms with Crippen LogP contribution in [-0.4, -0.2) is 37.1 Å². The van der Waals surface area contributed by atoms with Crippen LogP contribution in [0.2, 0.25) is 0 Å². The lowest BCUT2D eigenvalue weighted by Gasteiger charge is -2.34. The van der Waals surface area contributed by atoms with E-state index in [0.29, 0.717) is 11.5 Å². The Morgan fingerprint density at radius 1 is 1.05 bits per heavy atom. The van der Waals surface area contributed by atoms with E-state index in [4.69, 9.17) is 0 Å². The van der Waals surface area contributed by atoms with Gasteiger partial charge >= 0.3 is 0 Å². The maximum absolute atomic E-state index is 3.78. The number of hydrogen-bond donors (Lipinski definition) is 1. The average molecular weight is 283 g/mol. The van der Waals surface area contributed by atoms with E-state index < -0.39 is 0 Å². The van der Waals surface area contributed by atoms with Crippen molar-refractivity contribution in [1.82, 2.24) is 10.2 Å². The van der Waals surface area contributed by atoms with Gasteiger partial charge in [-0.2, -0.15) is 0 Å². The molecule has 1 saturated carbocycles. The minimum atomic E-state index is 0.474. The molecule has 0 aromatic carbocycles. The van der Waals surface area contributed by atoms with Gasteiger partial charge in [-0.1, -0.05) is 47.5 Å². The molecule has 0 aliphatic heterocycles. The maximum Gasteiger partial charge on any atom is 0.0159 e. The van der Waals surface area contributed by atoms with E-state index in [2.05, 4.69) is 44.8 Å². The van der Waals surface area contributed by atoms with Crippen LogP contribution >= 0.6 is 0 Å². The predicted molar refractivity (Wildman–Crippen MR) is 90.2 cm³/mol. The van der Waals surface area contributed by atoms with E-state index >= 15 is 0 Å². The third-order valence-electron chi connectivity index (χ3n) is 5.05. The Balaban J connectivity index is 2.56. The summed E-state index contributed by atoms with van der Waals surface area (Å²) in [5, 5.41) is 3.78. The van der Waals surface area contributed by atoms with Crippen LogP contribution in [0.15, 0.2) is 0 Å². The van der Waals surface area contributed by atoms with Crippen LogP contribution in [0.4, 0.5) is 0 Å². The Morgan fingerprint density at radius 3 is 2.15 bits per heavy atom. The predicted octanol–water partition coefficient (Wildman–Crippen LogP) is 4.30. The highest BCUT2D eigenvalue weighted by atomic mass is 15.1. The topological polar surface area (TPSA) is 15.3 Å². The molecule has 0 aromatic rings. The highest BCUT2D eigenvalue weighted by Gasteiger charge is 2.41. The van der Waals surface area contributed by atoms with Crippen LogP contribution in [0.5, 0.6) is 0 Å². The highest BCUT2D eigenvalue weighted by Crippen LogP contribution is 2.41. The van der Waals surface area contributed by atoms with Gasteiger partial charge in [-0.25, -0.2) is 0 Å². The summed E-state index contributed by atoms with van der Waals surface area (Å²) in [7, 11) is 0. The lowest BCUT2D eigenvalue weighted by atomic mass is 9.84. The van der Waals surface area contributed by atoms with E-state index in [0.717, 1.165) is 12.5 Å². The Bertz CT molecular complexity index is 242. The molecule has 0 bridgehead atoms. The van der Waals surface area contributed by atoms with Gasteiger partial charge in [0.25, 0.3) is 0 Å². The lowest BCUT2D eigenvalue weighted by Crippen LogP contribution is -2.46. The van der Waals surface area contributed by atoms with Crippen LogP contribution < -0.4 is 5.32 Å². The van der Waals surface area contributed by atoms with Gasteiger partial charge in [-0.15, -0.1) is 0 Å². The van der Waals surface area contributed by atoms with Crippen molar-refractivity contribution in [3.63, 3.8) is 0 Å². The van der Waals surface area contributed by atoms with Gasteiger partial charge < -0.3 is 10.2 Å². The molecule has 20 heavy (non-hydrogen) atoms. The molecular formula is C18H38N2. The zero-order valence-electron chi connectivity index (χ0n) is 14.7. The van der Waals surface area contributed by atoms with Crippen molar-refractivity contribution in [2.75, 3.05) is 26.2 Å². The summed E-state index contributed by atoms with van der Waals surface area (Å²) < 4.78 is 0. The molecule has 0 aromatic heterocycles. The van der Waals surface area contributed by atoms with Gasteiger partial charge in [0.1, 0.15) is 0 Å². The first kappa shape index (κ1) is 18.0. The number of unbranched alkanes of at least 4 members (excludes halogenated alkanes) is 2. The normalized spacial score (nSPS) is 25.5. The summed E-state index contributed by atoms with van der Waals surface area (Å²) in [6, 6.07) is 0.707. The molecule has 0 spiro atoms. The molecule has 120 valence electrons. The molecule has 2 nitrogen and oxygen atoms in total. The molecule has 1 aliphatic carbocycles. The van der Waals surface area contributed by atoms with Gasteiger partial charge in [-0.3, -0.25) is 0 Å². The summed E-state index contributed by atoms with van der Waals surface area (Å²) in [5.41, 5.74) is 0.474. The summed E-state index contributed by atoms with van der Waals surface area (Å²) >= 11 is 0. The first-order valence-electron chi connectivity index (χ1n) is 9.00. The molecule has 1 N–H and O–H groups in total. The quantitative estimate of drug-likeness (QED) is 0.642. The minimum Gasteiger partial charge on any atom is -0.313 e. The van der Waals surface area contributed by atoms with Crippen LogP contribution in [0, 0.1) is 11.3 Å². The van der Waals surface area contributed by atoms with Crippen molar-refractivity contribution in [2.45, 2.75) is 79.2 Å². The van der Waals surface area contributed by atoms with Crippen LogP contribution in [0.3, 0.4) is 0 Å². The second kappa shape index (κ2) is 9.04. The summed E-state index contributed by atoms with van der Waals surface area (Å²) in [6.45, 7) is 16.8. The van der Waals surface area contributed by atoms with Gasteiger partial charge in [0, 0.05) is 12.6 Å². The van der Waals surface area contributed by atoms with Crippen molar-refractivity contribution >= 4 is 0 Å². The Morgan fingerprint density at radius 2 is 1.65 bits per heavy atom. The van der Waals surface area contributed by atoms with E-state index in [1.807, 2.05) is 0 Å². The maximum atomic E-state index is 3.78. The smallest absolute Gasteiger partial charge is 0.0159 e. The summed E-state index contributed by atoms with van der Waals surface area (Å²) in [4.78, 5) is 2.74. The Hall–Kier alpha value is -0.0800. The van der Waals surface area contributed by atoms with Crippen molar-refractivity contribution in [3.05, 3.63) is 0 Å². The number of nitrogens with zero attached hydrogens (tertiary/aromatic N) is 1. The van der Waals surface area contributed by atoms with Crippen molar-refractivity contribution < 1.29 is 0 Å². The zero-order valence-corrected chi connectivity index (χ0v) is 14.7. The standard InChI is InChI=1S/C18H38N2/c1-6-9-13-20(14-10-7-2)15-16-11-12-18(4,5)17(16)19-8-3/h16-17,19H,6-15H2,1-5H3. The first-order chi connectivity index (χ1) is 9.55. The number of rotatable bonds is 10. The average Bonchev–Trinajstić information content (AvgIpc) is 2.69. The molecule has 2 atom stereocenters. The van der Waals surface area contributed by atoms with E-state index in [9.17, 15) is 0 Å². The highest BCUT2D eigenvalue weighted by molar-refractivity contribution is 4.97. The second-order valence-corrected chi connectivity index (χ2v) is 7.33. The fourth-order valence-corrected chi connectivity index (χ4v) is 3.77. The summed E-state index contributed by atoms with van der Waals surface area (Å²) in [6.07, 6.45) is 8.12. The second-order valence-electron chi connectivity index (χ2n) is 7.33. The van der Waals surface area contributed by atoms with E-state index in [1.54, 1.807) is 0 Å². The Labute approximate surface area is 127 Å². The first-order valence-corrected chi connectivity index (χ1v) is 9.00. The largest absolute Gasteiger partial charge is 0.313 e. The van der Waals surface area contributed by atoms with Crippen molar-refractivity contribution in [2.24, 2.45) is 11.3 Å². The fourth-order valence-electron chi connectivity index (χ4n) is 3.77. The molecule has 1 aliphatic rings. The fraction of sp³-hybridized carbons (Fsp3) is 1.00. The number of hydrogen-bond acceptors (Lipinski definition) is 2. The third kappa shape index (κ3) is 5.37. The van der Waals surface area contributed by atoms with Crippen LogP contribution in [-0.2, 0) is 0 Å². The molecule has 1 fully saturated rings. The van der Waals surface area contributed by atoms with Crippen molar-refractivity contribution in [1.29, 1.82) is 0 Å². The zero-order chi connectivity index (χ0) is 15.0. The number of nitrogens with one attached hydrogen (secondary N) is 1. The molecule has 0 saturated heterocycles. The lowest BCUT2D eigenvalue weighted by molar-refractivity contribution is 0.181. The third-order valence-corrected chi connectivity index (χ3v) is 5.05. The minimum absolute atomic E-state index is 0.474.